The number of nitrogens with zero attached hydrogens (tertiary/aromatic N) is 3. The minimum atomic E-state index is -0.718. The highest BCUT2D eigenvalue weighted by Gasteiger charge is 2.27. The fourth-order valence-corrected chi connectivity index (χ4v) is 2.96. The lowest BCUT2D eigenvalue weighted by molar-refractivity contribution is -0.146. The molecule has 0 amide bonds. The number of hydrogen-bond acceptors (Lipinski definition) is 5. The lowest BCUT2D eigenvalue weighted by Crippen LogP contribution is -2.28. The minimum Gasteiger partial charge on any atom is -0.459 e. The summed E-state index contributed by atoms with van der Waals surface area (Å²) >= 11 is 0. The first kappa shape index (κ1) is 19.3. The Hall–Kier alpha value is -1.99. The highest BCUT2D eigenvalue weighted by atomic mass is 28.2. The molecular weight excluding hydrogens is 334 g/mol. The molecule has 0 bridgehead atoms. The molecule has 6 nitrogen and oxygen atoms in total. The van der Waals surface area contributed by atoms with Gasteiger partial charge in [0.05, 0.1) is 11.8 Å². The third-order valence-electron chi connectivity index (χ3n) is 3.53. The largest absolute Gasteiger partial charge is 0.459 e. The lowest BCUT2D eigenvalue weighted by atomic mass is 10.1. The molecule has 0 unspecified atom stereocenters. The van der Waals surface area contributed by atoms with E-state index >= 15 is 0 Å². The van der Waals surface area contributed by atoms with Crippen molar-refractivity contribution in [3.05, 3.63) is 47.8 Å². The average molecular weight is 362 g/mol. The summed E-state index contributed by atoms with van der Waals surface area (Å²) < 4.78 is 11.4. The first-order valence-electron chi connectivity index (χ1n) is 8.40. The number of benzene rings is 1. The third kappa shape index (κ3) is 6.43. The fraction of sp³-hybridized carbons (Fsp3) is 0.500. The Bertz CT molecular complexity index is 693. The molecule has 25 heavy (non-hydrogen) atoms. The van der Waals surface area contributed by atoms with Crippen LogP contribution >= 0.6 is 0 Å². The topological polar surface area (TPSA) is 66.2 Å². The van der Waals surface area contributed by atoms with Gasteiger partial charge in [-0.25, -0.2) is 4.79 Å². The van der Waals surface area contributed by atoms with E-state index in [4.69, 9.17) is 9.16 Å². The van der Waals surface area contributed by atoms with E-state index in [1.165, 1.54) is 4.80 Å². The van der Waals surface area contributed by atoms with Crippen molar-refractivity contribution < 1.29 is 14.0 Å². The highest BCUT2D eigenvalue weighted by Crippen LogP contribution is 2.27. The van der Waals surface area contributed by atoms with Crippen LogP contribution in [-0.4, -0.2) is 30.7 Å². The Kier molecular flexibility index (Phi) is 6.13. The van der Waals surface area contributed by atoms with E-state index in [1.54, 1.807) is 6.20 Å². The molecule has 0 N–H and O–H groups in total. The second-order valence-corrected chi connectivity index (χ2v) is 10.5. The number of hydrogen-bond donors (Lipinski definition) is 0. The summed E-state index contributed by atoms with van der Waals surface area (Å²) in [5.74, 6) is -0.367. The van der Waals surface area contributed by atoms with Gasteiger partial charge in [0.1, 0.15) is 12.3 Å². The molecule has 0 spiro atoms. The van der Waals surface area contributed by atoms with Gasteiger partial charge in [0.25, 0.3) is 0 Å². The molecule has 2 aromatic rings. The van der Waals surface area contributed by atoms with Crippen LogP contribution in [0.2, 0.25) is 5.04 Å². The molecule has 2 rings (SSSR count). The molecule has 1 heterocycles. The maximum atomic E-state index is 12.0. The Morgan fingerprint density at radius 3 is 2.48 bits per heavy atom. The second-order valence-electron chi connectivity index (χ2n) is 7.77. The molecule has 0 atom stereocenters. The zero-order valence-electron chi connectivity index (χ0n) is 15.7. The van der Waals surface area contributed by atoms with E-state index in [2.05, 4.69) is 31.0 Å². The van der Waals surface area contributed by atoms with E-state index in [-0.39, 0.29) is 24.2 Å². The quantitative estimate of drug-likeness (QED) is 0.560. The number of carbonyl (C=O) groups excluding carboxylic acids is 1. The molecule has 0 radical (unpaired) electrons. The summed E-state index contributed by atoms with van der Waals surface area (Å²) in [4.78, 5) is 13.3. The van der Waals surface area contributed by atoms with Crippen LogP contribution in [0.15, 0.2) is 36.5 Å². The monoisotopic (exact) mass is 361 g/mol. The molecule has 0 fully saturated rings. The normalized spacial score (nSPS) is 12.7. The van der Waals surface area contributed by atoms with Crippen molar-refractivity contribution >= 4 is 15.7 Å². The molecule has 0 saturated carbocycles. The molecular formula is C18H27N3O3Si. The summed E-state index contributed by atoms with van der Waals surface area (Å²) in [5, 5.41) is 8.74. The number of rotatable bonds is 7. The average Bonchev–Trinajstić information content (AvgIpc) is 3.01. The van der Waals surface area contributed by atoms with Gasteiger partial charge in [0.2, 0.25) is 0 Å². The first-order valence-corrected chi connectivity index (χ1v) is 9.68. The molecule has 136 valence electrons. The molecule has 0 saturated heterocycles. The maximum Gasteiger partial charge on any atom is 0.329 e. The molecule has 0 aliphatic heterocycles. The second kappa shape index (κ2) is 7.92. The van der Waals surface area contributed by atoms with Gasteiger partial charge in [-0.3, -0.25) is 0 Å². The first-order chi connectivity index (χ1) is 11.7. The van der Waals surface area contributed by atoms with Crippen molar-refractivity contribution in [2.75, 3.05) is 0 Å². The molecule has 0 aliphatic carbocycles. The van der Waals surface area contributed by atoms with Crippen LogP contribution < -0.4 is 0 Å². The SMILES string of the molecule is CC(C)(C)[SiH2]OC(C)(C)c1cnn(CC(=O)OCc2ccccc2)n1. The van der Waals surface area contributed by atoms with Gasteiger partial charge in [-0.2, -0.15) is 15.0 Å². The highest BCUT2D eigenvalue weighted by molar-refractivity contribution is 6.31. The van der Waals surface area contributed by atoms with Gasteiger partial charge in [0, 0.05) is 0 Å². The van der Waals surface area contributed by atoms with Crippen molar-refractivity contribution in [2.45, 2.75) is 58.4 Å². The number of ether oxygens (including phenoxy) is 1. The van der Waals surface area contributed by atoms with Crippen LogP contribution in [0.4, 0.5) is 0 Å². The van der Waals surface area contributed by atoms with Crippen LogP contribution in [0.25, 0.3) is 0 Å². The van der Waals surface area contributed by atoms with E-state index in [1.807, 2.05) is 44.2 Å². The van der Waals surface area contributed by atoms with Crippen LogP contribution in [0, 0.1) is 0 Å². The van der Waals surface area contributed by atoms with Crippen molar-refractivity contribution in [1.29, 1.82) is 0 Å². The van der Waals surface area contributed by atoms with Crippen LogP contribution in [-0.2, 0) is 32.7 Å². The van der Waals surface area contributed by atoms with E-state index in [0.717, 1.165) is 11.3 Å². The number of aromatic nitrogens is 3. The molecule has 1 aromatic heterocycles. The van der Waals surface area contributed by atoms with Gasteiger partial charge >= 0.3 is 5.97 Å². The van der Waals surface area contributed by atoms with Gasteiger partial charge in [-0.1, -0.05) is 51.1 Å². The molecule has 1 aromatic carbocycles. The summed E-state index contributed by atoms with van der Waals surface area (Å²) in [5.41, 5.74) is 1.16. The molecule has 7 heteroatoms. The van der Waals surface area contributed by atoms with Crippen molar-refractivity contribution in [2.24, 2.45) is 0 Å². The Labute approximate surface area is 151 Å². The fourth-order valence-electron chi connectivity index (χ4n) is 2.02. The lowest BCUT2D eigenvalue weighted by Gasteiger charge is -2.28. The Morgan fingerprint density at radius 1 is 1.16 bits per heavy atom. The summed E-state index contributed by atoms with van der Waals surface area (Å²) in [7, 11) is -0.718. The third-order valence-corrected chi connectivity index (χ3v) is 5.26. The van der Waals surface area contributed by atoms with E-state index < -0.39 is 15.4 Å². The predicted octanol–water partition coefficient (Wildman–Crippen LogP) is 2.58. The number of esters is 1. The van der Waals surface area contributed by atoms with Crippen LogP contribution in [0.5, 0.6) is 0 Å². The van der Waals surface area contributed by atoms with Crippen LogP contribution in [0.1, 0.15) is 45.9 Å². The van der Waals surface area contributed by atoms with E-state index in [9.17, 15) is 4.79 Å². The maximum absolute atomic E-state index is 12.0. The van der Waals surface area contributed by atoms with Crippen molar-refractivity contribution in [1.82, 2.24) is 15.0 Å². The van der Waals surface area contributed by atoms with Crippen molar-refractivity contribution in [3.8, 4) is 0 Å². The van der Waals surface area contributed by atoms with Gasteiger partial charge < -0.3 is 9.16 Å². The molecule has 0 aliphatic rings. The predicted molar refractivity (Wildman–Crippen MR) is 98.6 cm³/mol. The Balaban J connectivity index is 1.88. The number of carbonyl (C=O) groups is 1. The van der Waals surface area contributed by atoms with Gasteiger partial charge in [-0.15, -0.1) is 0 Å². The standard InChI is InChI=1S/C18H27N3O3Si/c1-17(2,3)25-24-18(4,5)15-11-19-21(20-15)12-16(22)23-13-14-9-7-6-8-10-14/h6-11H,12-13,25H2,1-5H3. The van der Waals surface area contributed by atoms with Gasteiger partial charge in [0.15, 0.2) is 16.3 Å². The summed E-state index contributed by atoms with van der Waals surface area (Å²) in [6.07, 6.45) is 1.65. The zero-order valence-corrected chi connectivity index (χ0v) is 17.1. The van der Waals surface area contributed by atoms with Gasteiger partial charge in [-0.05, 0) is 24.4 Å². The van der Waals surface area contributed by atoms with Crippen LogP contribution in [0.3, 0.4) is 0 Å². The Morgan fingerprint density at radius 2 is 1.84 bits per heavy atom. The zero-order chi connectivity index (χ0) is 18.5. The minimum absolute atomic E-state index is 0.0143. The smallest absolute Gasteiger partial charge is 0.329 e. The summed E-state index contributed by atoms with van der Waals surface area (Å²) in [6.45, 7) is 10.7. The van der Waals surface area contributed by atoms with Crippen molar-refractivity contribution in [3.63, 3.8) is 0 Å². The van der Waals surface area contributed by atoms with E-state index in [0.29, 0.717) is 0 Å². The summed E-state index contributed by atoms with van der Waals surface area (Å²) in [6, 6.07) is 9.57.